The topological polar surface area (TPSA) is 55.4 Å². The van der Waals surface area contributed by atoms with Crippen LogP contribution in [0, 0.1) is 0 Å². The third kappa shape index (κ3) is 4.18. The molecule has 0 heterocycles. The van der Waals surface area contributed by atoms with Gasteiger partial charge in [-0.05, 0) is 30.7 Å². The largest absolute Gasteiger partial charge is 0.454 e. The fourth-order valence-electron chi connectivity index (χ4n) is 1.95. The molecule has 1 atom stereocenters. The van der Waals surface area contributed by atoms with E-state index in [0.29, 0.717) is 11.3 Å². The Morgan fingerprint density at radius 2 is 1.76 bits per heavy atom. The van der Waals surface area contributed by atoms with E-state index >= 15 is 0 Å². The summed E-state index contributed by atoms with van der Waals surface area (Å²) in [6.07, 6.45) is -0.330. The van der Waals surface area contributed by atoms with Crippen LogP contribution in [0.5, 0.6) is 0 Å². The molecule has 4 nitrogen and oxygen atoms in total. The second kappa shape index (κ2) is 6.70. The molecule has 108 valence electrons. The lowest BCUT2D eigenvalue weighted by Crippen LogP contribution is -2.11. The lowest BCUT2D eigenvalue weighted by Gasteiger charge is -2.14. The Labute approximate surface area is 123 Å². The number of amides is 1. The molecule has 2 aromatic carbocycles. The molecule has 21 heavy (non-hydrogen) atoms. The van der Waals surface area contributed by atoms with E-state index in [9.17, 15) is 9.59 Å². The molecule has 0 bridgehead atoms. The van der Waals surface area contributed by atoms with Gasteiger partial charge in [-0.2, -0.15) is 0 Å². The third-order valence-corrected chi connectivity index (χ3v) is 2.97. The summed E-state index contributed by atoms with van der Waals surface area (Å²) in [5.41, 5.74) is 1.91. The van der Waals surface area contributed by atoms with E-state index in [1.165, 1.54) is 6.92 Å². The van der Waals surface area contributed by atoms with E-state index in [0.717, 1.165) is 5.56 Å². The maximum atomic E-state index is 12.1. The van der Waals surface area contributed by atoms with Crippen molar-refractivity contribution in [1.82, 2.24) is 0 Å². The number of anilines is 1. The molecule has 0 aliphatic heterocycles. The van der Waals surface area contributed by atoms with E-state index < -0.39 is 5.97 Å². The summed E-state index contributed by atoms with van der Waals surface area (Å²) in [7, 11) is 0. The highest BCUT2D eigenvalue weighted by Crippen LogP contribution is 2.19. The van der Waals surface area contributed by atoms with Gasteiger partial charge in [0.05, 0.1) is 5.56 Å². The molecular weight excluding hydrogens is 266 g/mol. The maximum Gasteiger partial charge on any atom is 0.338 e. The summed E-state index contributed by atoms with van der Waals surface area (Å²) in [5, 5.41) is 2.64. The molecule has 0 aliphatic carbocycles. The maximum absolute atomic E-state index is 12.1. The first-order valence-electron chi connectivity index (χ1n) is 6.70. The van der Waals surface area contributed by atoms with Gasteiger partial charge in [0, 0.05) is 12.6 Å². The quantitative estimate of drug-likeness (QED) is 0.873. The average Bonchev–Trinajstić information content (AvgIpc) is 2.47. The second-order valence-corrected chi connectivity index (χ2v) is 4.72. The van der Waals surface area contributed by atoms with Gasteiger partial charge in [0.1, 0.15) is 6.10 Å². The van der Waals surface area contributed by atoms with Gasteiger partial charge in [0.2, 0.25) is 5.91 Å². The minimum atomic E-state index is -0.418. The average molecular weight is 283 g/mol. The van der Waals surface area contributed by atoms with Crippen molar-refractivity contribution in [1.29, 1.82) is 0 Å². The standard InChI is InChI=1S/C17H17NO3/c1-12(14-7-4-3-5-8-14)21-17(20)15-9-6-10-16(11-15)18-13(2)19/h3-12H,1-2H3,(H,18,19). The molecule has 0 spiro atoms. The highest BCUT2D eigenvalue weighted by Gasteiger charge is 2.13. The van der Waals surface area contributed by atoms with Crippen molar-refractivity contribution in [2.75, 3.05) is 5.32 Å². The highest BCUT2D eigenvalue weighted by molar-refractivity contribution is 5.93. The van der Waals surface area contributed by atoms with E-state index in [4.69, 9.17) is 4.74 Å². The molecule has 4 heteroatoms. The van der Waals surface area contributed by atoms with Crippen molar-refractivity contribution in [3.63, 3.8) is 0 Å². The number of hydrogen-bond acceptors (Lipinski definition) is 3. The van der Waals surface area contributed by atoms with Crippen LogP contribution in [-0.4, -0.2) is 11.9 Å². The van der Waals surface area contributed by atoms with Crippen LogP contribution in [0.4, 0.5) is 5.69 Å². The molecule has 2 aromatic rings. The molecular formula is C17H17NO3. The minimum Gasteiger partial charge on any atom is -0.454 e. The zero-order valence-electron chi connectivity index (χ0n) is 12.0. The smallest absolute Gasteiger partial charge is 0.338 e. The van der Waals surface area contributed by atoms with E-state index in [1.54, 1.807) is 24.3 Å². The second-order valence-electron chi connectivity index (χ2n) is 4.72. The number of hydrogen-bond donors (Lipinski definition) is 1. The molecule has 0 aliphatic rings. The number of nitrogens with one attached hydrogen (secondary N) is 1. The van der Waals surface area contributed by atoms with Gasteiger partial charge < -0.3 is 10.1 Å². The fraction of sp³-hybridized carbons (Fsp3) is 0.176. The lowest BCUT2D eigenvalue weighted by atomic mass is 10.1. The van der Waals surface area contributed by atoms with Crippen molar-refractivity contribution < 1.29 is 14.3 Å². The number of carbonyl (C=O) groups excluding carboxylic acids is 2. The monoisotopic (exact) mass is 283 g/mol. The predicted molar refractivity (Wildman–Crippen MR) is 81.0 cm³/mol. The Bertz CT molecular complexity index is 637. The number of ether oxygens (including phenoxy) is 1. The van der Waals surface area contributed by atoms with E-state index in [-0.39, 0.29) is 12.0 Å². The third-order valence-electron chi connectivity index (χ3n) is 2.97. The van der Waals surface area contributed by atoms with Crippen molar-refractivity contribution >= 4 is 17.6 Å². The van der Waals surface area contributed by atoms with Crippen LogP contribution in [-0.2, 0) is 9.53 Å². The summed E-state index contributed by atoms with van der Waals surface area (Å²) in [5.74, 6) is -0.600. The van der Waals surface area contributed by atoms with Gasteiger partial charge in [0.25, 0.3) is 0 Å². The van der Waals surface area contributed by atoms with Crippen LogP contribution in [0.1, 0.15) is 35.9 Å². The molecule has 2 rings (SSSR count). The molecule has 1 amide bonds. The SMILES string of the molecule is CC(=O)Nc1cccc(C(=O)OC(C)c2ccccc2)c1. The summed E-state index contributed by atoms with van der Waals surface area (Å²) < 4.78 is 5.43. The Hall–Kier alpha value is -2.62. The van der Waals surface area contributed by atoms with Gasteiger partial charge >= 0.3 is 5.97 Å². The summed E-state index contributed by atoms with van der Waals surface area (Å²) in [6, 6.07) is 16.2. The lowest BCUT2D eigenvalue weighted by molar-refractivity contribution is -0.114. The highest BCUT2D eigenvalue weighted by atomic mass is 16.5. The molecule has 0 radical (unpaired) electrons. The Kier molecular flexibility index (Phi) is 4.72. The number of esters is 1. The Morgan fingerprint density at radius 1 is 1.05 bits per heavy atom. The van der Waals surface area contributed by atoms with Crippen LogP contribution < -0.4 is 5.32 Å². The van der Waals surface area contributed by atoms with Crippen molar-refractivity contribution in [2.24, 2.45) is 0 Å². The van der Waals surface area contributed by atoms with Gasteiger partial charge in [-0.25, -0.2) is 4.79 Å². The van der Waals surface area contributed by atoms with E-state index in [1.807, 2.05) is 37.3 Å². The normalized spacial score (nSPS) is 11.5. The van der Waals surface area contributed by atoms with Crippen LogP contribution >= 0.6 is 0 Å². The summed E-state index contributed by atoms with van der Waals surface area (Å²) >= 11 is 0. The Balaban J connectivity index is 2.08. The van der Waals surface area contributed by atoms with Gasteiger partial charge in [-0.15, -0.1) is 0 Å². The zero-order chi connectivity index (χ0) is 15.2. The Morgan fingerprint density at radius 3 is 2.43 bits per heavy atom. The molecule has 1 unspecified atom stereocenters. The van der Waals surface area contributed by atoms with Crippen LogP contribution in [0.2, 0.25) is 0 Å². The molecule has 0 saturated carbocycles. The molecule has 0 saturated heterocycles. The van der Waals surface area contributed by atoms with Crippen LogP contribution in [0.3, 0.4) is 0 Å². The number of carbonyl (C=O) groups is 2. The molecule has 0 aromatic heterocycles. The number of benzene rings is 2. The summed E-state index contributed by atoms with van der Waals surface area (Å²) in [6.45, 7) is 3.24. The number of rotatable bonds is 4. The first-order chi connectivity index (χ1) is 10.1. The van der Waals surface area contributed by atoms with E-state index in [2.05, 4.69) is 5.32 Å². The first kappa shape index (κ1) is 14.8. The van der Waals surface area contributed by atoms with Gasteiger partial charge in [-0.1, -0.05) is 36.4 Å². The van der Waals surface area contributed by atoms with Crippen LogP contribution in [0.25, 0.3) is 0 Å². The van der Waals surface area contributed by atoms with Crippen LogP contribution in [0.15, 0.2) is 54.6 Å². The minimum absolute atomic E-state index is 0.182. The fourth-order valence-corrected chi connectivity index (χ4v) is 1.95. The van der Waals surface area contributed by atoms with Crippen molar-refractivity contribution in [3.05, 3.63) is 65.7 Å². The zero-order valence-corrected chi connectivity index (χ0v) is 12.0. The predicted octanol–water partition coefficient (Wildman–Crippen LogP) is 3.56. The molecule has 1 N–H and O–H groups in total. The summed E-state index contributed by atoms with van der Waals surface area (Å²) in [4.78, 5) is 23.2. The molecule has 0 fully saturated rings. The van der Waals surface area contributed by atoms with Gasteiger partial charge in [-0.3, -0.25) is 4.79 Å². The van der Waals surface area contributed by atoms with Gasteiger partial charge in [0.15, 0.2) is 0 Å². The van der Waals surface area contributed by atoms with Crippen molar-refractivity contribution in [2.45, 2.75) is 20.0 Å². The first-order valence-corrected chi connectivity index (χ1v) is 6.70. The van der Waals surface area contributed by atoms with Crippen molar-refractivity contribution in [3.8, 4) is 0 Å².